The number of ether oxygens (including phenoxy) is 1. The number of rotatable bonds is 4. The fourth-order valence-electron chi connectivity index (χ4n) is 3.40. The summed E-state index contributed by atoms with van der Waals surface area (Å²) in [7, 11) is 0. The van der Waals surface area contributed by atoms with Gasteiger partial charge in [-0.1, -0.05) is 29.8 Å². The number of hydrogen-bond acceptors (Lipinski definition) is 5. The standard InChI is InChI=1S/C20H21N3O2S/c1-12-4-6-14(7-5-12)17-10-15-16(9-13-3-2-8-25-11-13)22-23-18(20(21)24)19(15)26-17/h4-7,10,13H,2-3,8-9,11H2,1H3,(H2,21,24). The third-order valence-electron chi connectivity index (χ3n) is 4.83. The average molecular weight is 367 g/mol. The minimum absolute atomic E-state index is 0.256. The molecule has 1 atom stereocenters. The van der Waals surface area contributed by atoms with Crippen LogP contribution in [-0.4, -0.2) is 29.3 Å². The van der Waals surface area contributed by atoms with Gasteiger partial charge in [-0.25, -0.2) is 0 Å². The predicted octanol–water partition coefficient (Wildman–Crippen LogP) is 3.73. The molecule has 2 N–H and O–H groups in total. The van der Waals surface area contributed by atoms with Crippen LogP contribution in [-0.2, 0) is 11.2 Å². The van der Waals surface area contributed by atoms with Gasteiger partial charge in [-0.3, -0.25) is 4.79 Å². The lowest BCUT2D eigenvalue weighted by Crippen LogP contribution is -2.20. The summed E-state index contributed by atoms with van der Waals surface area (Å²) in [6.07, 6.45) is 3.03. The molecule has 1 aliphatic heterocycles. The molecule has 1 amide bonds. The van der Waals surface area contributed by atoms with Gasteiger partial charge in [-0.15, -0.1) is 16.4 Å². The van der Waals surface area contributed by atoms with Crippen LogP contribution in [0.15, 0.2) is 30.3 Å². The van der Waals surface area contributed by atoms with Crippen molar-refractivity contribution in [2.24, 2.45) is 11.7 Å². The van der Waals surface area contributed by atoms with E-state index >= 15 is 0 Å². The van der Waals surface area contributed by atoms with Crippen molar-refractivity contribution >= 4 is 27.3 Å². The molecular formula is C20H21N3O2S. The first-order valence-corrected chi connectivity index (χ1v) is 9.67. The summed E-state index contributed by atoms with van der Waals surface area (Å²) >= 11 is 1.55. The van der Waals surface area contributed by atoms with E-state index < -0.39 is 5.91 Å². The van der Waals surface area contributed by atoms with Gasteiger partial charge < -0.3 is 10.5 Å². The third kappa shape index (κ3) is 3.34. The highest BCUT2D eigenvalue weighted by Gasteiger charge is 2.21. The molecule has 3 aromatic rings. The number of aromatic nitrogens is 2. The van der Waals surface area contributed by atoms with Crippen LogP contribution in [0.4, 0.5) is 0 Å². The molecule has 0 aliphatic carbocycles. The second kappa shape index (κ2) is 7.13. The zero-order valence-electron chi connectivity index (χ0n) is 14.7. The third-order valence-corrected chi connectivity index (χ3v) is 6.03. The molecule has 3 heterocycles. The molecule has 4 rings (SSSR count). The number of benzene rings is 1. The fraction of sp³-hybridized carbons (Fsp3) is 0.350. The van der Waals surface area contributed by atoms with Gasteiger partial charge in [0.1, 0.15) is 0 Å². The first-order chi connectivity index (χ1) is 12.6. The lowest BCUT2D eigenvalue weighted by molar-refractivity contribution is 0.0547. The van der Waals surface area contributed by atoms with Crippen LogP contribution in [0.5, 0.6) is 0 Å². The molecule has 0 spiro atoms. The molecule has 1 unspecified atom stereocenters. The molecule has 1 aromatic carbocycles. The van der Waals surface area contributed by atoms with E-state index in [9.17, 15) is 4.79 Å². The second-order valence-corrected chi connectivity index (χ2v) is 7.92. The van der Waals surface area contributed by atoms with Crippen LogP contribution in [0.25, 0.3) is 20.5 Å². The largest absolute Gasteiger partial charge is 0.381 e. The highest BCUT2D eigenvalue weighted by molar-refractivity contribution is 7.22. The molecule has 0 saturated carbocycles. The van der Waals surface area contributed by atoms with Gasteiger partial charge in [0.05, 0.1) is 10.4 Å². The molecule has 5 nitrogen and oxygen atoms in total. The molecule has 26 heavy (non-hydrogen) atoms. The van der Waals surface area contributed by atoms with Gasteiger partial charge in [0, 0.05) is 23.5 Å². The Labute approximate surface area is 156 Å². The van der Waals surface area contributed by atoms with E-state index in [1.165, 1.54) is 5.56 Å². The number of fused-ring (bicyclic) bond motifs is 1. The number of hydrogen-bond donors (Lipinski definition) is 1. The Balaban J connectivity index is 1.78. The van der Waals surface area contributed by atoms with Crippen LogP contribution in [0.1, 0.15) is 34.6 Å². The summed E-state index contributed by atoms with van der Waals surface area (Å²) in [4.78, 5) is 12.9. The second-order valence-electron chi connectivity index (χ2n) is 6.87. The normalized spacial score (nSPS) is 17.5. The van der Waals surface area contributed by atoms with Crippen molar-refractivity contribution in [2.45, 2.75) is 26.2 Å². The molecule has 0 bridgehead atoms. The fourth-order valence-corrected chi connectivity index (χ4v) is 4.58. The van der Waals surface area contributed by atoms with E-state index in [0.29, 0.717) is 5.92 Å². The smallest absolute Gasteiger partial charge is 0.270 e. The van der Waals surface area contributed by atoms with Gasteiger partial charge in [-0.05, 0) is 43.7 Å². The minimum Gasteiger partial charge on any atom is -0.381 e. The molecule has 1 aliphatic rings. The van der Waals surface area contributed by atoms with Crippen LogP contribution in [0.3, 0.4) is 0 Å². The van der Waals surface area contributed by atoms with E-state index in [2.05, 4.69) is 47.5 Å². The Hall–Kier alpha value is -2.31. The van der Waals surface area contributed by atoms with Crippen molar-refractivity contribution in [3.63, 3.8) is 0 Å². The summed E-state index contributed by atoms with van der Waals surface area (Å²) in [5.41, 5.74) is 9.05. The topological polar surface area (TPSA) is 78.1 Å². The molecule has 1 saturated heterocycles. The van der Waals surface area contributed by atoms with Crippen molar-refractivity contribution in [2.75, 3.05) is 13.2 Å². The van der Waals surface area contributed by atoms with E-state index in [4.69, 9.17) is 10.5 Å². The van der Waals surface area contributed by atoms with Crippen molar-refractivity contribution in [3.8, 4) is 10.4 Å². The van der Waals surface area contributed by atoms with Crippen LogP contribution >= 0.6 is 11.3 Å². The molecule has 2 aromatic heterocycles. The first-order valence-electron chi connectivity index (χ1n) is 8.85. The van der Waals surface area contributed by atoms with E-state index in [1.54, 1.807) is 11.3 Å². The monoisotopic (exact) mass is 367 g/mol. The lowest BCUT2D eigenvalue weighted by atomic mass is 9.95. The quantitative estimate of drug-likeness (QED) is 0.762. The number of amides is 1. The van der Waals surface area contributed by atoms with E-state index in [0.717, 1.165) is 58.7 Å². The molecule has 1 fully saturated rings. The minimum atomic E-state index is -0.535. The summed E-state index contributed by atoms with van der Waals surface area (Å²) in [5, 5.41) is 9.47. The number of thiophene rings is 1. The predicted molar refractivity (Wildman–Crippen MR) is 103 cm³/mol. The number of carbonyl (C=O) groups excluding carboxylic acids is 1. The van der Waals surface area contributed by atoms with Crippen molar-refractivity contribution in [1.82, 2.24) is 10.2 Å². The molecule has 6 heteroatoms. The van der Waals surface area contributed by atoms with Gasteiger partial charge in [-0.2, -0.15) is 5.10 Å². The number of aryl methyl sites for hydroxylation is 1. The highest BCUT2D eigenvalue weighted by atomic mass is 32.1. The first kappa shape index (κ1) is 17.1. The molecule has 134 valence electrons. The zero-order valence-corrected chi connectivity index (χ0v) is 15.5. The summed E-state index contributed by atoms with van der Waals surface area (Å²) in [6, 6.07) is 10.5. The molecule has 0 radical (unpaired) electrons. The maximum Gasteiger partial charge on any atom is 0.270 e. The van der Waals surface area contributed by atoms with E-state index in [-0.39, 0.29) is 5.69 Å². The van der Waals surface area contributed by atoms with Crippen LogP contribution < -0.4 is 5.73 Å². The number of primary amides is 1. The Kier molecular flexibility index (Phi) is 4.70. The maximum atomic E-state index is 11.8. The molecular weight excluding hydrogens is 346 g/mol. The number of nitrogens with zero attached hydrogens (tertiary/aromatic N) is 2. The lowest BCUT2D eigenvalue weighted by Gasteiger charge is -2.21. The summed E-state index contributed by atoms with van der Waals surface area (Å²) in [5.74, 6) is -0.0873. The van der Waals surface area contributed by atoms with Crippen LogP contribution in [0, 0.1) is 12.8 Å². The summed E-state index contributed by atoms with van der Waals surface area (Å²) in [6.45, 7) is 3.67. The van der Waals surface area contributed by atoms with Gasteiger partial charge >= 0.3 is 0 Å². The van der Waals surface area contributed by atoms with Crippen molar-refractivity contribution < 1.29 is 9.53 Å². The SMILES string of the molecule is Cc1ccc(-c2cc3c(CC4CCCOC4)nnc(C(N)=O)c3s2)cc1. The van der Waals surface area contributed by atoms with Crippen molar-refractivity contribution in [3.05, 3.63) is 47.3 Å². The number of carbonyl (C=O) groups is 1. The Morgan fingerprint density at radius 1 is 1.31 bits per heavy atom. The Morgan fingerprint density at radius 3 is 2.81 bits per heavy atom. The summed E-state index contributed by atoms with van der Waals surface area (Å²) < 4.78 is 6.42. The Morgan fingerprint density at radius 2 is 2.12 bits per heavy atom. The average Bonchev–Trinajstić information content (AvgIpc) is 3.09. The van der Waals surface area contributed by atoms with Gasteiger partial charge in [0.15, 0.2) is 5.69 Å². The Bertz CT molecular complexity index is 944. The zero-order chi connectivity index (χ0) is 18.1. The highest BCUT2D eigenvalue weighted by Crippen LogP contribution is 2.37. The maximum absolute atomic E-state index is 11.8. The van der Waals surface area contributed by atoms with E-state index in [1.807, 2.05) is 0 Å². The van der Waals surface area contributed by atoms with Gasteiger partial charge in [0.2, 0.25) is 0 Å². The number of nitrogens with two attached hydrogens (primary N) is 1. The van der Waals surface area contributed by atoms with Gasteiger partial charge in [0.25, 0.3) is 5.91 Å². The van der Waals surface area contributed by atoms with Crippen molar-refractivity contribution in [1.29, 1.82) is 0 Å². The van der Waals surface area contributed by atoms with Crippen LogP contribution in [0.2, 0.25) is 0 Å².